The Balaban J connectivity index is 2.02. The van der Waals surface area contributed by atoms with E-state index in [4.69, 9.17) is 4.98 Å². The number of hydrogen-bond donors (Lipinski definition) is 0. The molecule has 1 amide bonds. The topological polar surface area (TPSA) is 36.4 Å². The number of carbonyl (C=O) groups is 1. The normalized spacial score (nSPS) is 11.4. The van der Waals surface area contributed by atoms with Crippen LogP contribution < -0.4 is 4.90 Å². The molecule has 154 valence electrons. The Hall–Kier alpha value is -2.24. The van der Waals surface area contributed by atoms with Crippen LogP contribution in [0.1, 0.15) is 46.5 Å². The first kappa shape index (κ1) is 21.5. The summed E-state index contributed by atoms with van der Waals surface area (Å²) in [6, 6.07) is 10.3. The van der Waals surface area contributed by atoms with Crippen molar-refractivity contribution < 1.29 is 4.79 Å². The van der Waals surface area contributed by atoms with Crippen LogP contribution in [0.25, 0.3) is 10.2 Å². The Morgan fingerprint density at radius 2 is 1.62 bits per heavy atom. The highest BCUT2D eigenvalue weighted by Gasteiger charge is 2.23. The third kappa shape index (κ3) is 4.68. The Bertz CT molecular complexity index is 1000. The van der Waals surface area contributed by atoms with Crippen LogP contribution in [0, 0.1) is 27.7 Å². The highest BCUT2D eigenvalue weighted by Crippen LogP contribution is 2.32. The number of amides is 1. The molecule has 3 rings (SSSR count). The van der Waals surface area contributed by atoms with E-state index in [0.717, 1.165) is 51.7 Å². The minimum absolute atomic E-state index is 0.0254. The van der Waals surface area contributed by atoms with Crippen LogP contribution in [0.15, 0.2) is 30.3 Å². The minimum Gasteiger partial charge on any atom is -0.302 e. The van der Waals surface area contributed by atoms with Crippen molar-refractivity contribution in [2.75, 3.05) is 31.1 Å². The largest absolute Gasteiger partial charge is 0.302 e. The lowest BCUT2D eigenvalue weighted by atomic mass is 10.1. The number of fused-ring (bicyclic) bond motifs is 1. The van der Waals surface area contributed by atoms with Gasteiger partial charge in [0, 0.05) is 18.7 Å². The van der Waals surface area contributed by atoms with E-state index in [1.807, 2.05) is 30.9 Å². The maximum absolute atomic E-state index is 13.5. The molecule has 2 aromatic carbocycles. The molecule has 0 saturated carbocycles. The van der Waals surface area contributed by atoms with Gasteiger partial charge in [0.15, 0.2) is 5.13 Å². The molecule has 0 bridgehead atoms. The van der Waals surface area contributed by atoms with Gasteiger partial charge in [0.2, 0.25) is 0 Å². The zero-order valence-electron chi connectivity index (χ0n) is 18.4. The predicted octanol–water partition coefficient (Wildman–Crippen LogP) is 5.52. The average Bonchev–Trinajstić information content (AvgIpc) is 3.12. The summed E-state index contributed by atoms with van der Waals surface area (Å²) in [6.45, 7) is 16.0. The Labute approximate surface area is 178 Å². The zero-order chi connectivity index (χ0) is 21.1. The number of likely N-dealkylation sites (N-methyl/N-ethyl adjacent to an activating group) is 1. The fourth-order valence-corrected chi connectivity index (χ4v) is 4.70. The average molecular weight is 410 g/mol. The number of thiazole rings is 1. The summed E-state index contributed by atoms with van der Waals surface area (Å²) in [7, 11) is 0. The molecule has 0 radical (unpaired) electrons. The molecule has 0 atom stereocenters. The number of aryl methyl sites for hydroxylation is 4. The highest BCUT2D eigenvalue weighted by molar-refractivity contribution is 7.22. The monoisotopic (exact) mass is 409 g/mol. The summed E-state index contributed by atoms with van der Waals surface area (Å²) < 4.78 is 1.13. The van der Waals surface area contributed by atoms with Crippen LogP contribution in [0.3, 0.4) is 0 Å². The molecule has 3 aromatic rings. The quantitative estimate of drug-likeness (QED) is 0.516. The maximum atomic E-state index is 13.5. The van der Waals surface area contributed by atoms with E-state index in [2.05, 4.69) is 50.8 Å². The molecular formula is C24H31N3OS. The number of benzene rings is 2. The molecule has 0 fully saturated rings. The van der Waals surface area contributed by atoms with E-state index in [1.165, 1.54) is 11.1 Å². The number of hydrogen-bond acceptors (Lipinski definition) is 4. The van der Waals surface area contributed by atoms with Gasteiger partial charge in [-0.15, -0.1) is 0 Å². The van der Waals surface area contributed by atoms with Crippen molar-refractivity contribution in [3.05, 3.63) is 58.1 Å². The van der Waals surface area contributed by atoms with Crippen LogP contribution in [0.2, 0.25) is 0 Å². The van der Waals surface area contributed by atoms with Crippen molar-refractivity contribution >= 4 is 32.6 Å². The van der Waals surface area contributed by atoms with Gasteiger partial charge in [-0.25, -0.2) is 4.98 Å². The molecule has 0 unspecified atom stereocenters. The second-order valence-electron chi connectivity index (χ2n) is 7.71. The van der Waals surface area contributed by atoms with Gasteiger partial charge < -0.3 is 4.90 Å². The standard InChI is InChI=1S/C24H31N3OS/c1-7-26(8-2)11-12-27(23(28)20-14-16(3)13-17(4)15-20)24-25-22-19(6)18(5)9-10-21(22)29-24/h9-10,13-15H,7-8,11-12H2,1-6H3. The van der Waals surface area contributed by atoms with Crippen molar-refractivity contribution in [2.45, 2.75) is 41.5 Å². The Morgan fingerprint density at radius 1 is 0.966 bits per heavy atom. The first-order valence-electron chi connectivity index (χ1n) is 10.3. The van der Waals surface area contributed by atoms with Gasteiger partial charge in [-0.05, 0) is 70.1 Å². The van der Waals surface area contributed by atoms with Gasteiger partial charge >= 0.3 is 0 Å². The lowest BCUT2D eigenvalue weighted by molar-refractivity contribution is 0.0983. The van der Waals surface area contributed by atoms with Crippen LogP contribution in [-0.4, -0.2) is 42.0 Å². The van der Waals surface area contributed by atoms with Gasteiger partial charge in [0.25, 0.3) is 5.91 Å². The van der Waals surface area contributed by atoms with Crippen LogP contribution in [-0.2, 0) is 0 Å². The molecule has 1 aromatic heterocycles. The third-order valence-electron chi connectivity index (χ3n) is 5.55. The highest BCUT2D eigenvalue weighted by atomic mass is 32.1. The molecule has 0 aliphatic carbocycles. The van der Waals surface area contributed by atoms with E-state index < -0.39 is 0 Å². The number of aromatic nitrogens is 1. The van der Waals surface area contributed by atoms with Gasteiger partial charge in [0.05, 0.1) is 10.2 Å². The van der Waals surface area contributed by atoms with Crippen molar-refractivity contribution in [1.29, 1.82) is 0 Å². The molecule has 0 aliphatic rings. The van der Waals surface area contributed by atoms with Gasteiger partial charge in [0.1, 0.15) is 0 Å². The zero-order valence-corrected chi connectivity index (χ0v) is 19.2. The molecule has 0 aliphatic heterocycles. The molecule has 4 nitrogen and oxygen atoms in total. The fraction of sp³-hybridized carbons (Fsp3) is 0.417. The van der Waals surface area contributed by atoms with E-state index >= 15 is 0 Å². The van der Waals surface area contributed by atoms with Gasteiger partial charge in [-0.2, -0.15) is 0 Å². The summed E-state index contributed by atoms with van der Waals surface area (Å²) in [5, 5.41) is 0.782. The summed E-state index contributed by atoms with van der Waals surface area (Å²) >= 11 is 1.60. The summed E-state index contributed by atoms with van der Waals surface area (Å²) in [5.41, 5.74) is 6.36. The molecule has 1 heterocycles. The van der Waals surface area contributed by atoms with E-state index in [0.29, 0.717) is 6.54 Å². The van der Waals surface area contributed by atoms with Crippen molar-refractivity contribution in [2.24, 2.45) is 0 Å². The van der Waals surface area contributed by atoms with E-state index in [1.54, 1.807) is 11.3 Å². The molecule has 29 heavy (non-hydrogen) atoms. The molecule has 5 heteroatoms. The Kier molecular flexibility index (Phi) is 6.70. The molecule has 0 saturated heterocycles. The van der Waals surface area contributed by atoms with Crippen molar-refractivity contribution in [1.82, 2.24) is 9.88 Å². The number of nitrogens with zero attached hydrogens (tertiary/aromatic N) is 3. The minimum atomic E-state index is 0.0254. The molecule has 0 N–H and O–H groups in total. The molecule has 0 spiro atoms. The van der Waals surface area contributed by atoms with Crippen LogP contribution in [0.4, 0.5) is 5.13 Å². The third-order valence-corrected chi connectivity index (χ3v) is 6.60. The lowest BCUT2D eigenvalue weighted by Gasteiger charge is -2.25. The second-order valence-corrected chi connectivity index (χ2v) is 8.72. The smallest absolute Gasteiger partial charge is 0.260 e. The van der Waals surface area contributed by atoms with Crippen molar-refractivity contribution in [3.63, 3.8) is 0 Å². The van der Waals surface area contributed by atoms with Gasteiger partial charge in [-0.3, -0.25) is 9.69 Å². The first-order valence-corrected chi connectivity index (χ1v) is 11.1. The summed E-state index contributed by atoms with van der Waals surface area (Å²) in [6.07, 6.45) is 0. The SMILES string of the molecule is CCN(CC)CCN(C(=O)c1cc(C)cc(C)c1)c1nc2c(C)c(C)ccc2s1. The van der Waals surface area contributed by atoms with Crippen LogP contribution in [0.5, 0.6) is 0 Å². The summed E-state index contributed by atoms with van der Waals surface area (Å²) in [4.78, 5) is 22.6. The molecular weight excluding hydrogens is 378 g/mol. The van der Waals surface area contributed by atoms with Crippen molar-refractivity contribution in [3.8, 4) is 0 Å². The number of anilines is 1. The Morgan fingerprint density at radius 3 is 2.24 bits per heavy atom. The van der Waals surface area contributed by atoms with Gasteiger partial charge in [-0.1, -0.05) is 48.4 Å². The second kappa shape index (κ2) is 9.06. The van der Waals surface area contributed by atoms with E-state index in [9.17, 15) is 4.79 Å². The predicted molar refractivity (Wildman–Crippen MR) is 124 cm³/mol. The number of carbonyl (C=O) groups excluding carboxylic acids is 1. The summed E-state index contributed by atoms with van der Waals surface area (Å²) in [5.74, 6) is 0.0254. The fourth-order valence-electron chi connectivity index (χ4n) is 3.65. The first-order chi connectivity index (χ1) is 13.8. The number of rotatable bonds is 7. The lowest BCUT2D eigenvalue weighted by Crippen LogP contribution is -2.39. The maximum Gasteiger partial charge on any atom is 0.260 e. The van der Waals surface area contributed by atoms with Crippen LogP contribution >= 0.6 is 11.3 Å². The van der Waals surface area contributed by atoms with E-state index in [-0.39, 0.29) is 5.91 Å².